The van der Waals surface area contributed by atoms with Gasteiger partial charge in [-0.3, -0.25) is 10.1 Å². The number of anilines is 1. The van der Waals surface area contributed by atoms with Crippen molar-refractivity contribution in [2.45, 2.75) is 32.6 Å². The number of nitrogens with one attached hydrogen (secondary N) is 1. The van der Waals surface area contributed by atoms with Gasteiger partial charge in [0, 0.05) is 12.6 Å². The summed E-state index contributed by atoms with van der Waals surface area (Å²) in [5.41, 5.74) is 0.137. The van der Waals surface area contributed by atoms with E-state index >= 15 is 0 Å². The van der Waals surface area contributed by atoms with Gasteiger partial charge in [-0.25, -0.2) is 4.39 Å². The molecule has 0 radical (unpaired) electrons. The fourth-order valence-corrected chi connectivity index (χ4v) is 2.60. The molecule has 0 unspecified atom stereocenters. The van der Waals surface area contributed by atoms with Crippen LogP contribution in [0.25, 0.3) is 0 Å². The summed E-state index contributed by atoms with van der Waals surface area (Å²) in [7, 11) is 1.34. The van der Waals surface area contributed by atoms with E-state index < -0.39 is 10.7 Å². The number of nitrogens with zero attached hydrogens (tertiary/aromatic N) is 1. The highest BCUT2D eigenvalue weighted by Gasteiger charge is 2.35. The lowest BCUT2D eigenvalue weighted by Gasteiger charge is -2.41. The summed E-state index contributed by atoms with van der Waals surface area (Å²) in [5, 5.41) is 13.9. The molecule has 1 aliphatic carbocycles. The van der Waals surface area contributed by atoms with Crippen molar-refractivity contribution in [1.29, 1.82) is 0 Å². The zero-order valence-electron chi connectivity index (χ0n) is 11.7. The van der Waals surface area contributed by atoms with Crippen LogP contribution in [0.1, 0.15) is 32.6 Å². The van der Waals surface area contributed by atoms with Gasteiger partial charge in [0.05, 0.1) is 23.8 Å². The molecule has 1 aliphatic rings. The number of rotatable bonds is 6. The summed E-state index contributed by atoms with van der Waals surface area (Å²) < 4.78 is 18.9. The smallest absolute Gasteiger partial charge is 0.313 e. The number of nitro groups is 1. The van der Waals surface area contributed by atoms with Gasteiger partial charge in [-0.05, 0) is 24.7 Å². The van der Waals surface area contributed by atoms with Crippen LogP contribution in [-0.4, -0.2) is 18.6 Å². The molecule has 1 saturated carbocycles. The molecule has 0 saturated heterocycles. The lowest BCUT2D eigenvalue weighted by Crippen LogP contribution is -2.36. The zero-order valence-corrected chi connectivity index (χ0v) is 11.7. The Balaban J connectivity index is 2.17. The number of benzene rings is 1. The molecule has 0 atom stereocenters. The Bertz CT molecular complexity index is 510. The van der Waals surface area contributed by atoms with Crippen LogP contribution in [0.4, 0.5) is 15.8 Å². The van der Waals surface area contributed by atoms with Crippen LogP contribution in [0.5, 0.6) is 5.75 Å². The topological polar surface area (TPSA) is 64.4 Å². The Labute approximate surface area is 117 Å². The van der Waals surface area contributed by atoms with Gasteiger partial charge in [0.15, 0.2) is 11.6 Å². The largest absolute Gasteiger partial charge is 0.490 e. The van der Waals surface area contributed by atoms with Crippen LogP contribution in [0, 0.1) is 21.3 Å². The Morgan fingerprint density at radius 3 is 2.65 bits per heavy atom. The minimum Gasteiger partial charge on any atom is -0.490 e. The predicted molar refractivity (Wildman–Crippen MR) is 74.7 cm³/mol. The van der Waals surface area contributed by atoms with Gasteiger partial charge in [0.25, 0.3) is 0 Å². The average Bonchev–Trinajstić information content (AvgIpc) is 2.39. The summed E-state index contributed by atoms with van der Waals surface area (Å²) in [6.07, 6.45) is 4.54. The number of methoxy groups -OCH3 is 1. The molecule has 1 aromatic carbocycles. The van der Waals surface area contributed by atoms with Crippen LogP contribution >= 0.6 is 0 Å². The van der Waals surface area contributed by atoms with Crippen molar-refractivity contribution >= 4 is 11.4 Å². The molecule has 0 aliphatic heterocycles. The second kappa shape index (κ2) is 5.64. The lowest BCUT2D eigenvalue weighted by molar-refractivity contribution is -0.385. The van der Waals surface area contributed by atoms with E-state index in [1.807, 2.05) is 0 Å². The second-order valence-electron chi connectivity index (χ2n) is 5.32. The maximum absolute atomic E-state index is 13.9. The van der Waals surface area contributed by atoms with Gasteiger partial charge in [0.2, 0.25) is 0 Å². The zero-order chi connectivity index (χ0) is 14.8. The molecule has 0 aromatic heterocycles. The average molecular weight is 282 g/mol. The molecule has 0 spiro atoms. The number of hydrogen-bond acceptors (Lipinski definition) is 4. The SMILES string of the molecule is CCC1(CNc2cc(OC)c([N+](=O)[O-])cc2F)CCC1. The maximum Gasteiger partial charge on any atom is 0.313 e. The van der Waals surface area contributed by atoms with Gasteiger partial charge in [-0.15, -0.1) is 0 Å². The third-order valence-corrected chi connectivity index (χ3v) is 4.28. The minimum absolute atomic E-state index is 0.0676. The van der Waals surface area contributed by atoms with Gasteiger partial charge in [-0.2, -0.15) is 0 Å². The quantitative estimate of drug-likeness (QED) is 0.637. The normalized spacial score (nSPS) is 16.4. The highest BCUT2D eigenvalue weighted by Crippen LogP contribution is 2.44. The van der Waals surface area contributed by atoms with Crippen LogP contribution in [0.2, 0.25) is 0 Å². The van der Waals surface area contributed by atoms with Crippen LogP contribution in [0.15, 0.2) is 12.1 Å². The third-order valence-electron chi connectivity index (χ3n) is 4.28. The van der Waals surface area contributed by atoms with Crippen molar-refractivity contribution in [3.8, 4) is 5.75 Å². The van der Waals surface area contributed by atoms with Gasteiger partial charge in [-0.1, -0.05) is 13.3 Å². The van der Waals surface area contributed by atoms with Crippen LogP contribution in [-0.2, 0) is 0 Å². The fourth-order valence-electron chi connectivity index (χ4n) is 2.60. The van der Waals surface area contributed by atoms with Crippen LogP contribution in [0.3, 0.4) is 0 Å². The molecule has 110 valence electrons. The molecule has 0 amide bonds. The molecular weight excluding hydrogens is 263 g/mol. The summed E-state index contributed by atoms with van der Waals surface area (Å²) in [6.45, 7) is 2.81. The molecule has 20 heavy (non-hydrogen) atoms. The van der Waals surface area contributed by atoms with E-state index in [0.29, 0.717) is 6.54 Å². The second-order valence-corrected chi connectivity index (χ2v) is 5.32. The summed E-state index contributed by atoms with van der Waals surface area (Å²) in [4.78, 5) is 10.2. The summed E-state index contributed by atoms with van der Waals surface area (Å²) in [6, 6.07) is 2.26. The molecule has 2 rings (SSSR count). The number of ether oxygens (including phenoxy) is 1. The predicted octanol–water partition coefficient (Wildman–Crippen LogP) is 3.73. The molecular formula is C14H19FN2O3. The fraction of sp³-hybridized carbons (Fsp3) is 0.571. The Morgan fingerprint density at radius 2 is 2.20 bits per heavy atom. The first-order valence-electron chi connectivity index (χ1n) is 6.77. The molecule has 0 heterocycles. The molecule has 0 bridgehead atoms. The van der Waals surface area contributed by atoms with Crippen molar-refractivity contribution < 1.29 is 14.1 Å². The van der Waals surface area contributed by atoms with Gasteiger partial charge >= 0.3 is 5.69 Å². The van der Waals surface area contributed by atoms with Crippen LogP contribution < -0.4 is 10.1 Å². The van der Waals surface area contributed by atoms with Gasteiger partial charge < -0.3 is 10.1 Å². The highest BCUT2D eigenvalue weighted by molar-refractivity contribution is 5.59. The molecule has 1 fully saturated rings. The summed E-state index contributed by atoms with van der Waals surface area (Å²) >= 11 is 0. The number of halogens is 1. The van der Waals surface area contributed by atoms with E-state index in [4.69, 9.17) is 4.74 Å². The monoisotopic (exact) mass is 282 g/mol. The number of nitro benzene ring substituents is 1. The van der Waals surface area contributed by atoms with Crippen molar-refractivity contribution in [2.75, 3.05) is 19.0 Å². The molecule has 5 nitrogen and oxygen atoms in total. The molecule has 6 heteroatoms. The highest BCUT2D eigenvalue weighted by atomic mass is 19.1. The summed E-state index contributed by atoms with van der Waals surface area (Å²) in [5.74, 6) is -0.555. The minimum atomic E-state index is -0.648. The van der Waals surface area contributed by atoms with E-state index in [2.05, 4.69) is 12.2 Å². The van der Waals surface area contributed by atoms with E-state index in [0.717, 1.165) is 25.3 Å². The Hall–Kier alpha value is -1.85. The third kappa shape index (κ3) is 2.69. The van der Waals surface area contributed by atoms with Crippen molar-refractivity contribution in [3.05, 3.63) is 28.1 Å². The van der Waals surface area contributed by atoms with E-state index in [9.17, 15) is 14.5 Å². The standard InChI is InChI=1S/C14H19FN2O3/c1-3-14(5-4-6-14)9-16-11-8-13(20-2)12(17(18)19)7-10(11)15/h7-8,16H,3-6,9H2,1-2H3. The van der Waals surface area contributed by atoms with Gasteiger partial charge in [0.1, 0.15) is 0 Å². The molecule has 1 aromatic rings. The molecule has 1 N–H and O–H groups in total. The first kappa shape index (κ1) is 14.6. The van der Waals surface area contributed by atoms with Crippen molar-refractivity contribution in [1.82, 2.24) is 0 Å². The first-order chi connectivity index (χ1) is 9.51. The van der Waals surface area contributed by atoms with E-state index in [-0.39, 0.29) is 22.5 Å². The maximum atomic E-state index is 13.9. The Morgan fingerprint density at radius 1 is 1.50 bits per heavy atom. The van der Waals surface area contributed by atoms with E-state index in [1.54, 1.807) is 0 Å². The van der Waals surface area contributed by atoms with E-state index in [1.165, 1.54) is 19.6 Å². The first-order valence-corrected chi connectivity index (χ1v) is 6.77. The lowest BCUT2D eigenvalue weighted by atomic mass is 9.67. The number of hydrogen-bond donors (Lipinski definition) is 1. The van der Waals surface area contributed by atoms with Crippen molar-refractivity contribution in [3.63, 3.8) is 0 Å². The Kier molecular flexibility index (Phi) is 4.11. The van der Waals surface area contributed by atoms with Crippen molar-refractivity contribution in [2.24, 2.45) is 5.41 Å².